The van der Waals surface area contributed by atoms with Crippen LogP contribution in [0.1, 0.15) is 31.8 Å². The number of hydrogen-bond acceptors (Lipinski definition) is 5. The van der Waals surface area contributed by atoms with Crippen molar-refractivity contribution >= 4 is 17.8 Å². The summed E-state index contributed by atoms with van der Waals surface area (Å²) in [6.45, 7) is 10.2. The van der Waals surface area contributed by atoms with Crippen LogP contribution in [0.15, 0.2) is 16.5 Å². The second-order valence-corrected chi connectivity index (χ2v) is 8.87. The molecule has 32 heavy (non-hydrogen) atoms. The van der Waals surface area contributed by atoms with Crippen molar-refractivity contribution < 1.29 is 37.1 Å². The van der Waals surface area contributed by atoms with Crippen LogP contribution >= 0.6 is 0 Å². The van der Waals surface area contributed by atoms with E-state index in [2.05, 4.69) is 4.90 Å². The van der Waals surface area contributed by atoms with E-state index in [1.54, 1.807) is 4.90 Å². The topological polar surface area (TPSA) is 94.3 Å². The van der Waals surface area contributed by atoms with E-state index in [1.807, 2.05) is 44.9 Å². The third-order valence-corrected chi connectivity index (χ3v) is 5.52. The van der Waals surface area contributed by atoms with Crippen molar-refractivity contribution in [2.45, 2.75) is 39.9 Å². The van der Waals surface area contributed by atoms with Crippen molar-refractivity contribution in [2.24, 2.45) is 11.3 Å². The van der Waals surface area contributed by atoms with Gasteiger partial charge in [0.25, 0.3) is 0 Å². The Morgan fingerprint density at radius 3 is 2.25 bits per heavy atom. The molecule has 180 valence electrons. The number of likely N-dealkylation sites (tertiary alicyclic amines) is 1. The summed E-state index contributed by atoms with van der Waals surface area (Å²) in [5.41, 5.74) is -0.186. The van der Waals surface area contributed by atoms with Crippen molar-refractivity contribution in [2.75, 3.05) is 39.8 Å². The van der Waals surface area contributed by atoms with Gasteiger partial charge in [-0.25, -0.2) is 4.79 Å². The van der Waals surface area contributed by atoms with E-state index in [1.165, 1.54) is 0 Å². The van der Waals surface area contributed by atoms with Gasteiger partial charge in [0.1, 0.15) is 11.5 Å². The minimum Gasteiger partial charge on any atom is -0.475 e. The zero-order valence-electron chi connectivity index (χ0n) is 18.7. The van der Waals surface area contributed by atoms with Gasteiger partial charge in [0, 0.05) is 57.5 Å². The molecule has 0 aliphatic carbocycles. The molecule has 2 fully saturated rings. The van der Waals surface area contributed by atoms with Gasteiger partial charge in [-0.1, -0.05) is 13.8 Å². The van der Waals surface area contributed by atoms with Crippen molar-refractivity contribution in [1.29, 1.82) is 0 Å². The Morgan fingerprint density at radius 1 is 1.19 bits per heavy atom. The van der Waals surface area contributed by atoms with E-state index in [9.17, 15) is 22.8 Å². The molecule has 2 saturated heterocycles. The smallest absolute Gasteiger partial charge is 0.475 e. The number of aryl methyl sites for hydroxylation is 1. The van der Waals surface area contributed by atoms with Gasteiger partial charge in [0.05, 0.1) is 6.54 Å². The Balaban J connectivity index is 0.000000451. The number of hydrogen-bond donors (Lipinski definition) is 1. The van der Waals surface area contributed by atoms with Crippen LogP contribution in [-0.2, 0) is 20.9 Å². The highest BCUT2D eigenvalue weighted by Gasteiger charge is 2.46. The highest BCUT2D eigenvalue weighted by molar-refractivity contribution is 5.80. The fourth-order valence-corrected chi connectivity index (χ4v) is 4.14. The maximum absolute atomic E-state index is 12.6. The van der Waals surface area contributed by atoms with Gasteiger partial charge in [-0.15, -0.1) is 0 Å². The Bertz CT molecular complexity index is 839. The number of carboxylic acid groups (broad SMARTS) is 1. The second-order valence-electron chi connectivity index (χ2n) is 8.87. The SMILES string of the molecule is Cc1ccc(CN2CCN(C(=O)C(C)C)CC3(CC(=O)N(C)C3)C2)o1.O=C(O)C(F)(F)F. The van der Waals surface area contributed by atoms with Gasteiger partial charge >= 0.3 is 12.1 Å². The first-order valence-corrected chi connectivity index (χ1v) is 10.3. The van der Waals surface area contributed by atoms with Crippen LogP contribution in [0.3, 0.4) is 0 Å². The predicted molar refractivity (Wildman–Crippen MR) is 109 cm³/mol. The molecule has 2 aliphatic heterocycles. The second kappa shape index (κ2) is 9.93. The third-order valence-electron chi connectivity index (χ3n) is 5.52. The highest BCUT2D eigenvalue weighted by atomic mass is 19.4. The number of furan rings is 1. The lowest BCUT2D eigenvalue weighted by molar-refractivity contribution is -0.192. The molecule has 1 aromatic heterocycles. The number of amides is 2. The summed E-state index contributed by atoms with van der Waals surface area (Å²) in [5, 5.41) is 7.12. The minimum atomic E-state index is -5.08. The Morgan fingerprint density at radius 2 is 1.81 bits per heavy atom. The largest absolute Gasteiger partial charge is 0.490 e. The molecule has 1 spiro atoms. The van der Waals surface area contributed by atoms with E-state index in [-0.39, 0.29) is 23.1 Å². The lowest BCUT2D eigenvalue weighted by Gasteiger charge is -2.33. The minimum absolute atomic E-state index is 0.0221. The summed E-state index contributed by atoms with van der Waals surface area (Å²) in [7, 11) is 1.86. The summed E-state index contributed by atoms with van der Waals surface area (Å²) in [6.07, 6.45) is -4.57. The number of carbonyl (C=O) groups excluding carboxylic acids is 2. The van der Waals surface area contributed by atoms with E-state index in [0.717, 1.165) is 31.2 Å². The van der Waals surface area contributed by atoms with E-state index >= 15 is 0 Å². The van der Waals surface area contributed by atoms with Crippen LogP contribution < -0.4 is 0 Å². The number of carboxylic acids is 1. The van der Waals surface area contributed by atoms with Crippen LogP contribution in [0.2, 0.25) is 0 Å². The number of aliphatic carboxylic acids is 1. The first-order valence-electron chi connectivity index (χ1n) is 10.3. The maximum atomic E-state index is 12.6. The zero-order chi connectivity index (χ0) is 24.3. The van der Waals surface area contributed by atoms with Crippen LogP contribution in [0.25, 0.3) is 0 Å². The predicted octanol–water partition coefficient (Wildman–Crippen LogP) is 2.37. The molecule has 2 amide bonds. The average Bonchev–Trinajstić information content (AvgIpc) is 3.13. The Hall–Kier alpha value is -2.56. The van der Waals surface area contributed by atoms with Gasteiger partial charge in [0.2, 0.25) is 11.8 Å². The average molecular weight is 461 g/mol. The fourth-order valence-electron chi connectivity index (χ4n) is 4.14. The fraction of sp³-hybridized carbons (Fsp3) is 0.667. The molecule has 1 atom stereocenters. The molecule has 1 aromatic rings. The molecule has 1 unspecified atom stereocenters. The van der Waals surface area contributed by atoms with Gasteiger partial charge in [0.15, 0.2) is 0 Å². The quantitative estimate of drug-likeness (QED) is 0.743. The molecule has 0 bridgehead atoms. The van der Waals surface area contributed by atoms with Crippen LogP contribution in [0, 0.1) is 18.3 Å². The monoisotopic (exact) mass is 461 g/mol. The molecule has 0 saturated carbocycles. The molecule has 1 N–H and O–H groups in total. The first kappa shape index (κ1) is 25.7. The first-order chi connectivity index (χ1) is 14.7. The molecule has 3 rings (SSSR count). The molecule has 3 heterocycles. The third kappa shape index (κ3) is 6.72. The number of alkyl halides is 3. The summed E-state index contributed by atoms with van der Waals surface area (Å²) < 4.78 is 37.5. The zero-order valence-corrected chi connectivity index (χ0v) is 18.7. The molecule has 0 radical (unpaired) electrons. The Kier molecular flexibility index (Phi) is 7.97. The van der Waals surface area contributed by atoms with Crippen molar-refractivity contribution in [3.63, 3.8) is 0 Å². The molecule has 11 heteroatoms. The van der Waals surface area contributed by atoms with Gasteiger partial charge in [-0.05, 0) is 19.1 Å². The lowest BCUT2D eigenvalue weighted by atomic mass is 9.85. The maximum Gasteiger partial charge on any atom is 0.490 e. The number of nitrogens with zero attached hydrogens (tertiary/aromatic N) is 3. The highest BCUT2D eigenvalue weighted by Crippen LogP contribution is 2.35. The standard InChI is InChI=1S/C19H29N3O3.C2HF3O2/c1-14(2)18(24)22-8-7-21(10-16-6-5-15(3)25-16)12-19(13-22)9-17(23)20(4)11-19;3-2(4,5)1(6)7/h5-6,14H,7-13H2,1-4H3;(H,6,7). The van der Waals surface area contributed by atoms with Gasteiger partial charge in [-0.3, -0.25) is 14.5 Å². The summed E-state index contributed by atoms with van der Waals surface area (Å²) in [4.78, 5) is 39.8. The number of halogens is 3. The lowest BCUT2D eigenvalue weighted by Crippen LogP contribution is -2.45. The molecule has 8 nitrogen and oxygen atoms in total. The summed E-state index contributed by atoms with van der Waals surface area (Å²) in [6, 6.07) is 3.99. The van der Waals surface area contributed by atoms with E-state index in [4.69, 9.17) is 14.3 Å². The summed E-state index contributed by atoms with van der Waals surface area (Å²) >= 11 is 0. The molecule has 2 aliphatic rings. The van der Waals surface area contributed by atoms with Crippen molar-refractivity contribution in [1.82, 2.24) is 14.7 Å². The van der Waals surface area contributed by atoms with Crippen molar-refractivity contribution in [3.8, 4) is 0 Å². The number of rotatable bonds is 3. The normalized spacial score (nSPS) is 22.2. The van der Waals surface area contributed by atoms with E-state index in [0.29, 0.717) is 26.1 Å². The Labute approximate surface area is 184 Å². The molecular weight excluding hydrogens is 431 g/mol. The van der Waals surface area contributed by atoms with Crippen LogP contribution in [-0.4, -0.2) is 83.5 Å². The number of carbonyl (C=O) groups is 3. The van der Waals surface area contributed by atoms with Crippen LogP contribution in [0.4, 0.5) is 13.2 Å². The van der Waals surface area contributed by atoms with Gasteiger partial charge in [-0.2, -0.15) is 13.2 Å². The van der Waals surface area contributed by atoms with Crippen LogP contribution in [0.5, 0.6) is 0 Å². The van der Waals surface area contributed by atoms with Gasteiger partial charge < -0.3 is 19.3 Å². The van der Waals surface area contributed by atoms with Crippen molar-refractivity contribution in [3.05, 3.63) is 23.7 Å². The molecule has 0 aromatic carbocycles. The van der Waals surface area contributed by atoms with E-state index < -0.39 is 12.1 Å². The molecular formula is C21H30F3N3O5. The summed E-state index contributed by atoms with van der Waals surface area (Å²) in [5.74, 6) is -0.579.